The number of halogens is 3. The molecule has 0 amide bonds. The maximum absolute atomic E-state index is 6.04. The number of rotatable bonds is 8. The van der Waals surface area contributed by atoms with Crippen molar-refractivity contribution < 1.29 is 21.9 Å². The van der Waals surface area contributed by atoms with Gasteiger partial charge in [-0.2, -0.15) is 0 Å². The van der Waals surface area contributed by atoms with E-state index in [9.17, 15) is 0 Å². The molecule has 1 aromatic heterocycles. The van der Waals surface area contributed by atoms with Crippen molar-refractivity contribution in [1.29, 1.82) is 0 Å². The second kappa shape index (κ2) is 11.1. The lowest BCUT2D eigenvalue weighted by atomic mass is 10.2. The lowest BCUT2D eigenvalue weighted by molar-refractivity contribution is -0.00000590. The van der Waals surface area contributed by atoms with Gasteiger partial charge < -0.3 is 27.2 Å². The number of benzene rings is 2. The molecule has 0 radical (unpaired) electrons. The number of hydrogen-bond donors (Lipinski definition) is 1. The van der Waals surface area contributed by atoms with Crippen molar-refractivity contribution in [2.45, 2.75) is 19.7 Å². The molecule has 0 atom stereocenters. The predicted octanol–water partition coefficient (Wildman–Crippen LogP) is 2.27. The molecule has 4 nitrogen and oxygen atoms in total. The molecule has 3 aromatic rings. The predicted molar refractivity (Wildman–Crippen MR) is 109 cm³/mol. The molecule has 0 saturated carbocycles. The van der Waals surface area contributed by atoms with E-state index in [1.807, 2.05) is 42.6 Å². The molecule has 1 N–H and O–H groups in total. The zero-order valence-electron chi connectivity index (χ0n) is 15.3. The van der Waals surface area contributed by atoms with Crippen molar-refractivity contribution in [2.24, 2.45) is 0 Å². The summed E-state index contributed by atoms with van der Waals surface area (Å²) in [7, 11) is 1.63. The van der Waals surface area contributed by atoms with Crippen molar-refractivity contribution in [2.75, 3.05) is 7.11 Å². The van der Waals surface area contributed by atoms with E-state index < -0.39 is 0 Å². The van der Waals surface area contributed by atoms with Crippen LogP contribution >= 0.6 is 23.2 Å². The molecule has 2 aromatic carbocycles. The number of hydrogen-bond acceptors (Lipinski definition) is 4. The Bertz CT molecular complexity index is 892. The minimum atomic E-state index is 0. The first-order valence-electron chi connectivity index (χ1n) is 8.49. The lowest BCUT2D eigenvalue weighted by Crippen LogP contribution is -3.00. The van der Waals surface area contributed by atoms with E-state index in [2.05, 4.69) is 10.3 Å². The van der Waals surface area contributed by atoms with Crippen LogP contribution in [0.3, 0.4) is 0 Å². The molecule has 0 spiro atoms. The molecule has 0 aliphatic heterocycles. The van der Waals surface area contributed by atoms with Crippen LogP contribution in [0.1, 0.15) is 16.7 Å². The topological polar surface area (TPSA) is 43.4 Å². The fraction of sp³-hybridized carbons (Fsp3) is 0.190. The number of pyridine rings is 1. The Morgan fingerprint density at radius 2 is 1.68 bits per heavy atom. The molecule has 28 heavy (non-hydrogen) atoms. The summed E-state index contributed by atoms with van der Waals surface area (Å²) in [5.74, 6) is 1.37. The summed E-state index contributed by atoms with van der Waals surface area (Å²) >= 11 is 12.0. The average molecular weight is 439 g/mol. The highest BCUT2D eigenvalue weighted by Gasteiger charge is 2.07. The van der Waals surface area contributed by atoms with Crippen LogP contribution in [0.5, 0.6) is 11.5 Å². The molecule has 7 heteroatoms. The summed E-state index contributed by atoms with van der Waals surface area (Å²) in [6.07, 6.45) is 3.62. The van der Waals surface area contributed by atoms with E-state index in [0.29, 0.717) is 28.2 Å². The van der Waals surface area contributed by atoms with Gasteiger partial charge in [0.05, 0.1) is 17.2 Å². The van der Waals surface area contributed by atoms with Crippen molar-refractivity contribution in [3.8, 4) is 11.5 Å². The first-order chi connectivity index (χ1) is 13.2. The van der Waals surface area contributed by atoms with Crippen LogP contribution in [0.2, 0.25) is 10.0 Å². The van der Waals surface area contributed by atoms with Crippen LogP contribution in [0.15, 0.2) is 60.9 Å². The molecule has 0 fully saturated rings. The van der Waals surface area contributed by atoms with Gasteiger partial charge in [0, 0.05) is 25.5 Å². The van der Waals surface area contributed by atoms with Gasteiger partial charge in [0.2, 0.25) is 0 Å². The summed E-state index contributed by atoms with van der Waals surface area (Å²) < 4.78 is 11.4. The second-order valence-electron chi connectivity index (χ2n) is 5.99. The van der Waals surface area contributed by atoms with Crippen LogP contribution in [-0.2, 0) is 19.7 Å². The molecule has 148 valence electrons. The molecule has 1 heterocycles. The van der Waals surface area contributed by atoms with Crippen molar-refractivity contribution in [1.82, 2.24) is 10.3 Å². The van der Waals surface area contributed by atoms with Gasteiger partial charge in [-0.3, -0.25) is 4.98 Å². The maximum Gasteiger partial charge on any atom is 0.161 e. The van der Waals surface area contributed by atoms with Gasteiger partial charge in [0.15, 0.2) is 11.5 Å². The van der Waals surface area contributed by atoms with Crippen molar-refractivity contribution in [3.63, 3.8) is 0 Å². The standard InChI is InChI=1S/C21H20Cl2N2O2.ClH/c1-26-21-10-15(11-25-13-17-3-2-8-24-12-17)5-7-20(21)27-14-16-4-6-18(22)19(23)9-16;/h2-10,12,25H,11,13-14H2,1H3;1H/p-1. The van der Waals surface area contributed by atoms with Crippen LogP contribution in [0, 0.1) is 0 Å². The Morgan fingerprint density at radius 1 is 0.893 bits per heavy atom. The third kappa shape index (κ3) is 6.28. The van der Waals surface area contributed by atoms with E-state index in [0.717, 1.165) is 29.8 Å². The van der Waals surface area contributed by atoms with Gasteiger partial charge in [0.1, 0.15) is 6.61 Å². The smallest absolute Gasteiger partial charge is 0.161 e. The minimum absolute atomic E-state index is 0. The average Bonchev–Trinajstić information content (AvgIpc) is 2.70. The Kier molecular flexibility index (Phi) is 8.87. The molecule has 0 aliphatic rings. The Hall–Kier alpha value is -1.98. The first-order valence-corrected chi connectivity index (χ1v) is 9.24. The minimum Gasteiger partial charge on any atom is -1.00 e. The zero-order valence-corrected chi connectivity index (χ0v) is 17.6. The van der Waals surface area contributed by atoms with Gasteiger partial charge >= 0.3 is 0 Å². The summed E-state index contributed by atoms with van der Waals surface area (Å²) in [5, 5.41) is 4.44. The molecule has 0 bridgehead atoms. The normalized spacial score (nSPS) is 10.2. The van der Waals surface area contributed by atoms with Crippen LogP contribution in [0.4, 0.5) is 0 Å². The van der Waals surface area contributed by atoms with Crippen LogP contribution in [-0.4, -0.2) is 12.1 Å². The number of nitrogens with one attached hydrogen (secondary N) is 1. The highest BCUT2D eigenvalue weighted by molar-refractivity contribution is 6.42. The molecule has 0 saturated heterocycles. The summed E-state index contributed by atoms with van der Waals surface area (Å²) in [4.78, 5) is 4.11. The maximum atomic E-state index is 6.04. The van der Waals surface area contributed by atoms with Crippen molar-refractivity contribution in [3.05, 3.63) is 87.7 Å². The highest BCUT2D eigenvalue weighted by atomic mass is 35.5. The van der Waals surface area contributed by atoms with E-state index in [-0.39, 0.29) is 12.4 Å². The van der Waals surface area contributed by atoms with E-state index in [1.165, 1.54) is 0 Å². The molecule has 0 aliphatic carbocycles. The van der Waals surface area contributed by atoms with E-state index >= 15 is 0 Å². The SMILES string of the molecule is COc1cc(CNCc2cccnc2)ccc1OCc1ccc(Cl)c(Cl)c1.[Cl-]. The number of nitrogens with zero attached hydrogens (tertiary/aromatic N) is 1. The third-order valence-electron chi connectivity index (χ3n) is 3.99. The van der Waals surface area contributed by atoms with Gasteiger partial charge in [-0.1, -0.05) is 41.4 Å². The van der Waals surface area contributed by atoms with E-state index in [1.54, 1.807) is 25.4 Å². The zero-order chi connectivity index (χ0) is 19.1. The second-order valence-corrected chi connectivity index (χ2v) is 6.80. The number of ether oxygens (including phenoxy) is 2. The quantitative estimate of drug-likeness (QED) is 0.586. The molecule has 0 unspecified atom stereocenters. The van der Waals surface area contributed by atoms with E-state index in [4.69, 9.17) is 32.7 Å². The Balaban J connectivity index is 0.00000280. The molecule has 3 rings (SSSR count). The van der Waals surface area contributed by atoms with Gasteiger partial charge in [-0.15, -0.1) is 0 Å². The van der Waals surface area contributed by atoms with Crippen LogP contribution < -0.4 is 27.2 Å². The summed E-state index contributed by atoms with van der Waals surface area (Å²) in [6.45, 7) is 1.86. The first kappa shape index (κ1) is 22.3. The summed E-state index contributed by atoms with van der Waals surface area (Å²) in [6, 6.07) is 15.3. The molecular weight excluding hydrogens is 419 g/mol. The monoisotopic (exact) mass is 437 g/mol. The lowest BCUT2D eigenvalue weighted by Gasteiger charge is -2.13. The fourth-order valence-electron chi connectivity index (χ4n) is 2.59. The molecular formula is C21H20Cl3N2O2-. The number of aromatic nitrogens is 1. The number of methoxy groups -OCH3 is 1. The third-order valence-corrected chi connectivity index (χ3v) is 4.73. The van der Waals surface area contributed by atoms with Gasteiger partial charge in [-0.05, 0) is 47.0 Å². The van der Waals surface area contributed by atoms with Crippen molar-refractivity contribution >= 4 is 23.2 Å². The highest BCUT2D eigenvalue weighted by Crippen LogP contribution is 2.29. The van der Waals surface area contributed by atoms with Gasteiger partial charge in [-0.25, -0.2) is 0 Å². The van der Waals surface area contributed by atoms with Gasteiger partial charge in [0.25, 0.3) is 0 Å². The fourth-order valence-corrected chi connectivity index (χ4v) is 2.91. The largest absolute Gasteiger partial charge is 1.00 e. The Labute approximate surface area is 181 Å². The summed E-state index contributed by atoms with van der Waals surface area (Å²) in [5.41, 5.74) is 3.19. The Morgan fingerprint density at radius 3 is 2.39 bits per heavy atom. The van der Waals surface area contributed by atoms with Crippen LogP contribution in [0.25, 0.3) is 0 Å².